The Morgan fingerprint density at radius 2 is 1.74 bits per heavy atom. The van der Waals surface area contributed by atoms with E-state index in [4.69, 9.17) is 0 Å². The van der Waals surface area contributed by atoms with Gasteiger partial charge in [-0.05, 0) is 56.1 Å². The molecule has 1 aromatic carbocycles. The average Bonchev–Trinajstić information content (AvgIpc) is 2.42. The maximum atomic E-state index is 12.1. The van der Waals surface area contributed by atoms with E-state index in [9.17, 15) is 8.42 Å². The SMILES string of the molecule is CCc1ccc(S(=O)(=O)NCCCNC)cc1CC. The molecule has 0 bridgehead atoms. The molecule has 0 aliphatic heterocycles. The zero-order valence-electron chi connectivity index (χ0n) is 12.0. The molecule has 2 N–H and O–H groups in total. The van der Waals surface area contributed by atoms with E-state index in [0.717, 1.165) is 31.4 Å². The van der Waals surface area contributed by atoms with Gasteiger partial charge in [-0.2, -0.15) is 0 Å². The minimum atomic E-state index is -3.38. The Kier molecular flexibility index (Phi) is 6.48. The lowest BCUT2D eigenvalue weighted by atomic mass is 10.0. The number of nitrogens with one attached hydrogen (secondary N) is 2. The second-order valence-corrected chi connectivity index (χ2v) is 6.26. The Morgan fingerprint density at radius 1 is 1.05 bits per heavy atom. The van der Waals surface area contributed by atoms with Gasteiger partial charge in [0.2, 0.25) is 10.0 Å². The highest BCUT2D eigenvalue weighted by Gasteiger charge is 2.14. The third-order valence-corrected chi connectivity index (χ3v) is 4.60. The van der Waals surface area contributed by atoms with E-state index < -0.39 is 10.0 Å². The highest BCUT2D eigenvalue weighted by atomic mass is 32.2. The molecule has 1 aromatic rings. The summed E-state index contributed by atoms with van der Waals surface area (Å²) in [5.74, 6) is 0. The van der Waals surface area contributed by atoms with Crippen LogP contribution in [0, 0.1) is 0 Å². The number of sulfonamides is 1. The fourth-order valence-corrected chi connectivity index (χ4v) is 3.12. The first-order valence-electron chi connectivity index (χ1n) is 6.81. The zero-order chi connectivity index (χ0) is 14.3. The monoisotopic (exact) mass is 284 g/mol. The molecule has 0 unspecified atom stereocenters. The molecule has 108 valence electrons. The van der Waals surface area contributed by atoms with Crippen molar-refractivity contribution in [2.24, 2.45) is 0 Å². The number of hydrogen-bond acceptors (Lipinski definition) is 3. The van der Waals surface area contributed by atoms with Crippen molar-refractivity contribution in [1.29, 1.82) is 0 Å². The van der Waals surface area contributed by atoms with E-state index in [1.807, 2.05) is 20.0 Å². The fraction of sp³-hybridized carbons (Fsp3) is 0.571. The number of rotatable bonds is 8. The molecule has 4 nitrogen and oxygen atoms in total. The van der Waals surface area contributed by atoms with E-state index in [-0.39, 0.29) is 0 Å². The fourth-order valence-electron chi connectivity index (χ4n) is 2.00. The molecule has 0 heterocycles. The third-order valence-electron chi connectivity index (χ3n) is 3.15. The molecule has 0 saturated carbocycles. The Hall–Kier alpha value is -0.910. The molecule has 0 amide bonds. The standard InChI is InChI=1S/C14H24N2O2S/c1-4-12-7-8-14(11-13(12)5-2)19(17,18)16-10-6-9-15-3/h7-8,11,15-16H,4-6,9-10H2,1-3H3. The lowest BCUT2D eigenvalue weighted by molar-refractivity contribution is 0.577. The summed E-state index contributed by atoms with van der Waals surface area (Å²) in [5, 5.41) is 2.99. The van der Waals surface area contributed by atoms with E-state index >= 15 is 0 Å². The van der Waals surface area contributed by atoms with Gasteiger partial charge in [-0.1, -0.05) is 19.9 Å². The number of benzene rings is 1. The highest BCUT2D eigenvalue weighted by molar-refractivity contribution is 7.89. The van der Waals surface area contributed by atoms with Gasteiger partial charge in [-0.3, -0.25) is 0 Å². The summed E-state index contributed by atoms with van der Waals surface area (Å²) in [6, 6.07) is 5.40. The van der Waals surface area contributed by atoms with E-state index in [1.54, 1.807) is 12.1 Å². The van der Waals surface area contributed by atoms with Crippen molar-refractivity contribution in [1.82, 2.24) is 10.0 Å². The molecule has 0 fully saturated rings. The van der Waals surface area contributed by atoms with E-state index in [0.29, 0.717) is 11.4 Å². The molecular formula is C14H24N2O2S. The summed E-state index contributed by atoms with van der Waals surface area (Å²) >= 11 is 0. The van der Waals surface area contributed by atoms with Crippen molar-refractivity contribution in [3.63, 3.8) is 0 Å². The summed E-state index contributed by atoms with van der Waals surface area (Å²) in [6.07, 6.45) is 2.56. The van der Waals surface area contributed by atoms with Gasteiger partial charge < -0.3 is 5.32 Å². The summed E-state index contributed by atoms with van der Waals surface area (Å²) < 4.78 is 26.9. The first-order valence-corrected chi connectivity index (χ1v) is 8.29. The Balaban J connectivity index is 2.83. The van der Waals surface area contributed by atoms with Crippen molar-refractivity contribution in [3.05, 3.63) is 29.3 Å². The molecule has 0 spiro atoms. The number of hydrogen-bond donors (Lipinski definition) is 2. The Labute approximate surface area is 116 Å². The molecule has 0 aliphatic carbocycles. The van der Waals surface area contributed by atoms with Crippen molar-refractivity contribution in [2.45, 2.75) is 38.0 Å². The largest absolute Gasteiger partial charge is 0.320 e. The predicted octanol–water partition coefficient (Wildman–Crippen LogP) is 1.70. The molecule has 1 rings (SSSR count). The third kappa shape index (κ3) is 4.60. The van der Waals surface area contributed by atoms with Crippen LogP contribution in [0.5, 0.6) is 0 Å². The van der Waals surface area contributed by atoms with Crippen LogP contribution in [0.4, 0.5) is 0 Å². The first kappa shape index (κ1) is 16.1. The van der Waals surface area contributed by atoms with Gasteiger partial charge in [0, 0.05) is 6.54 Å². The predicted molar refractivity (Wildman–Crippen MR) is 78.9 cm³/mol. The maximum Gasteiger partial charge on any atom is 0.240 e. The van der Waals surface area contributed by atoms with Crippen molar-refractivity contribution >= 4 is 10.0 Å². The lowest BCUT2D eigenvalue weighted by Gasteiger charge is -2.10. The van der Waals surface area contributed by atoms with Gasteiger partial charge in [-0.15, -0.1) is 0 Å². The van der Waals surface area contributed by atoms with Crippen LogP contribution in [0.1, 0.15) is 31.4 Å². The molecule has 0 atom stereocenters. The van der Waals surface area contributed by atoms with Crippen LogP contribution in [0.2, 0.25) is 0 Å². The quantitative estimate of drug-likeness (QED) is 0.714. The van der Waals surface area contributed by atoms with E-state index in [2.05, 4.69) is 17.0 Å². The molecule has 0 radical (unpaired) electrons. The van der Waals surface area contributed by atoms with Crippen LogP contribution < -0.4 is 10.0 Å². The van der Waals surface area contributed by atoms with Gasteiger partial charge >= 0.3 is 0 Å². The molecule has 5 heteroatoms. The van der Waals surface area contributed by atoms with Crippen LogP contribution >= 0.6 is 0 Å². The second-order valence-electron chi connectivity index (χ2n) is 4.49. The van der Waals surface area contributed by atoms with Gasteiger partial charge in [0.05, 0.1) is 4.90 Å². The second kappa shape index (κ2) is 7.62. The van der Waals surface area contributed by atoms with Crippen LogP contribution in [0.3, 0.4) is 0 Å². The minimum Gasteiger partial charge on any atom is -0.320 e. The Morgan fingerprint density at radius 3 is 2.32 bits per heavy atom. The zero-order valence-corrected chi connectivity index (χ0v) is 12.8. The highest BCUT2D eigenvalue weighted by Crippen LogP contribution is 2.17. The molecule has 0 aromatic heterocycles. The molecule has 0 saturated heterocycles. The lowest BCUT2D eigenvalue weighted by Crippen LogP contribution is -2.27. The first-order chi connectivity index (χ1) is 9.05. The van der Waals surface area contributed by atoms with E-state index in [1.165, 1.54) is 5.56 Å². The van der Waals surface area contributed by atoms with Crippen LogP contribution in [0.25, 0.3) is 0 Å². The summed E-state index contributed by atoms with van der Waals surface area (Å²) in [7, 11) is -1.52. The molecular weight excluding hydrogens is 260 g/mol. The smallest absolute Gasteiger partial charge is 0.240 e. The average molecular weight is 284 g/mol. The van der Waals surface area contributed by atoms with Gasteiger partial charge in [-0.25, -0.2) is 13.1 Å². The van der Waals surface area contributed by atoms with Crippen molar-refractivity contribution < 1.29 is 8.42 Å². The summed E-state index contributed by atoms with van der Waals surface area (Å²) in [4.78, 5) is 0.367. The maximum absolute atomic E-state index is 12.1. The van der Waals surface area contributed by atoms with Crippen LogP contribution in [-0.2, 0) is 22.9 Å². The minimum absolute atomic E-state index is 0.367. The summed E-state index contributed by atoms with van der Waals surface area (Å²) in [6.45, 7) is 5.39. The van der Waals surface area contributed by atoms with Crippen LogP contribution in [-0.4, -0.2) is 28.6 Å². The van der Waals surface area contributed by atoms with Gasteiger partial charge in [0.15, 0.2) is 0 Å². The number of aryl methyl sites for hydroxylation is 2. The topological polar surface area (TPSA) is 58.2 Å². The summed E-state index contributed by atoms with van der Waals surface area (Å²) in [5.41, 5.74) is 2.33. The molecule has 19 heavy (non-hydrogen) atoms. The Bertz CT molecular complexity index is 498. The van der Waals surface area contributed by atoms with Crippen molar-refractivity contribution in [3.8, 4) is 0 Å². The normalized spacial score (nSPS) is 11.7. The van der Waals surface area contributed by atoms with Gasteiger partial charge in [0.25, 0.3) is 0 Å². The van der Waals surface area contributed by atoms with Crippen LogP contribution in [0.15, 0.2) is 23.1 Å². The van der Waals surface area contributed by atoms with Crippen molar-refractivity contribution in [2.75, 3.05) is 20.1 Å². The van der Waals surface area contributed by atoms with Gasteiger partial charge in [0.1, 0.15) is 0 Å². The molecule has 0 aliphatic rings.